The van der Waals surface area contributed by atoms with Crippen LogP contribution in [0, 0.1) is 18.2 Å². The molecule has 4 heteroatoms. The van der Waals surface area contributed by atoms with Gasteiger partial charge in [0.1, 0.15) is 12.4 Å². The van der Waals surface area contributed by atoms with E-state index in [2.05, 4.69) is 11.0 Å². The molecule has 2 rings (SSSR count). The molecule has 1 aromatic heterocycles. The Bertz CT molecular complexity index is 522. The molecule has 3 nitrogen and oxygen atoms in total. The molecule has 0 unspecified atom stereocenters. The number of aromatic nitrogens is 2. The van der Waals surface area contributed by atoms with Gasteiger partial charge in [-0.3, -0.25) is 4.68 Å². The van der Waals surface area contributed by atoms with Crippen molar-refractivity contribution < 1.29 is 4.39 Å². The van der Waals surface area contributed by atoms with E-state index >= 15 is 0 Å². The van der Waals surface area contributed by atoms with Crippen molar-refractivity contribution in [3.63, 3.8) is 0 Å². The van der Waals surface area contributed by atoms with E-state index in [0.717, 1.165) is 5.52 Å². The highest BCUT2D eigenvalue weighted by Gasteiger charge is 2.05. The highest BCUT2D eigenvalue weighted by Crippen LogP contribution is 2.20. The molecule has 0 saturated heterocycles. The third kappa shape index (κ3) is 1.19. The molecule has 0 fully saturated rings. The van der Waals surface area contributed by atoms with Crippen LogP contribution in [0.1, 0.15) is 0 Å². The first-order valence-electron chi connectivity index (χ1n) is 4.06. The number of hydrogen-bond acceptors (Lipinski definition) is 2. The van der Waals surface area contributed by atoms with Crippen LogP contribution in [0.3, 0.4) is 0 Å². The molecule has 0 aliphatic carbocycles. The van der Waals surface area contributed by atoms with Crippen molar-refractivity contribution in [1.82, 2.24) is 9.78 Å². The Balaban J connectivity index is 2.69. The van der Waals surface area contributed by atoms with Crippen LogP contribution in [-0.2, 0) is 6.54 Å². The number of anilines is 1. The normalized spacial score (nSPS) is 10.3. The molecule has 1 heterocycles. The second kappa shape index (κ2) is 3.04. The quantitative estimate of drug-likeness (QED) is 0.544. The molecule has 2 aromatic rings. The number of rotatable bonds is 1. The Morgan fingerprint density at radius 3 is 3.07 bits per heavy atom. The third-order valence-electron chi connectivity index (χ3n) is 2.00. The average molecular weight is 189 g/mol. The van der Waals surface area contributed by atoms with Gasteiger partial charge in [-0.1, -0.05) is 5.92 Å². The van der Waals surface area contributed by atoms with Crippen LogP contribution >= 0.6 is 0 Å². The van der Waals surface area contributed by atoms with E-state index in [1.54, 1.807) is 10.9 Å². The van der Waals surface area contributed by atoms with E-state index in [1.165, 1.54) is 12.1 Å². The van der Waals surface area contributed by atoms with Crippen LogP contribution in [0.25, 0.3) is 10.9 Å². The Morgan fingerprint density at radius 2 is 2.36 bits per heavy atom. The minimum absolute atomic E-state index is 0.108. The minimum Gasteiger partial charge on any atom is -0.396 e. The van der Waals surface area contributed by atoms with E-state index in [9.17, 15) is 4.39 Å². The van der Waals surface area contributed by atoms with Gasteiger partial charge in [0, 0.05) is 5.39 Å². The summed E-state index contributed by atoms with van der Waals surface area (Å²) in [7, 11) is 0. The van der Waals surface area contributed by atoms with Gasteiger partial charge in [-0.25, -0.2) is 4.39 Å². The Hall–Kier alpha value is -2.02. The Kier molecular flexibility index (Phi) is 1.86. The first kappa shape index (κ1) is 8.57. The topological polar surface area (TPSA) is 43.8 Å². The molecule has 0 saturated carbocycles. The number of fused-ring (bicyclic) bond motifs is 1. The van der Waals surface area contributed by atoms with Crippen molar-refractivity contribution in [2.45, 2.75) is 6.54 Å². The number of nitrogen functional groups attached to an aromatic ring is 1. The predicted octanol–water partition coefficient (Wildman–Crippen LogP) is 1.39. The molecule has 1 aromatic carbocycles. The van der Waals surface area contributed by atoms with Crippen molar-refractivity contribution in [3.8, 4) is 12.3 Å². The van der Waals surface area contributed by atoms with Gasteiger partial charge in [-0.2, -0.15) is 5.10 Å². The lowest BCUT2D eigenvalue weighted by atomic mass is 10.2. The van der Waals surface area contributed by atoms with Crippen molar-refractivity contribution >= 4 is 16.6 Å². The number of nitrogens with two attached hydrogens (primary N) is 1. The molecule has 0 spiro atoms. The number of terminal acetylenes is 1. The van der Waals surface area contributed by atoms with E-state index in [0.29, 0.717) is 11.9 Å². The Labute approximate surface area is 80.3 Å². The van der Waals surface area contributed by atoms with Crippen LogP contribution in [0.5, 0.6) is 0 Å². The molecule has 2 N–H and O–H groups in total. The van der Waals surface area contributed by atoms with Crippen LogP contribution in [0.2, 0.25) is 0 Å². The van der Waals surface area contributed by atoms with Gasteiger partial charge in [0.15, 0.2) is 0 Å². The molecule has 0 amide bonds. The fourth-order valence-electron chi connectivity index (χ4n) is 1.33. The van der Waals surface area contributed by atoms with Gasteiger partial charge in [-0.15, -0.1) is 6.42 Å². The lowest BCUT2D eigenvalue weighted by Crippen LogP contribution is -1.98. The summed E-state index contributed by atoms with van der Waals surface area (Å²) in [5.74, 6) is 2.03. The minimum atomic E-state index is -0.433. The summed E-state index contributed by atoms with van der Waals surface area (Å²) in [6.07, 6.45) is 6.73. The van der Waals surface area contributed by atoms with Crippen LogP contribution in [0.4, 0.5) is 10.1 Å². The van der Waals surface area contributed by atoms with E-state index in [-0.39, 0.29) is 5.69 Å². The average Bonchev–Trinajstić information content (AvgIpc) is 2.51. The number of halogens is 1. The van der Waals surface area contributed by atoms with Crippen LogP contribution in [-0.4, -0.2) is 9.78 Å². The number of hydrogen-bond donors (Lipinski definition) is 1. The molecule has 0 aliphatic heterocycles. The standard InChI is InChI=1S/C10H8FN3/c1-2-3-14-10-5-9(12)8(11)4-7(10)6-13-14/h1,4-6H,3,12H2. The SMILES string of the molecule is C#CCn1ncc2cc(F)c(N)cc21. The summed E-state index contributed by atoms with van der Waals surface area (Å²) in [5, 5.41) is 4.72. The smallest absolute Gasteiger partial charge is 0.146 e. The predicted molar refractivity (Wildman–Crippen MR) is 52.9 cm³/mol. The second-order valence-electron chi connectivity index (χ2n) is 2.94. The molecule has 0 aliphatic rings. The number of benzene rings is 1. The summed E-state index contributed by atoms with van der Waals surface area (Å²) in [6.45, 7) is 0.356. The fraction of sp³-hybridized carbons (Fsp3) is 0.100. The molecule has 0 bridgehead atoms. The van der Waals surface area contributed by atoms with Crippen LogP contribution in [0.15, 0.2) is 18.3 Å². The van der Waals surface area contributed by atoms with Gasteiger partial charge in [-0.05, 0) is 12.1 Å². The maximum absolute atomic E-state index is 13.0. The van der Waals surface area contributed by atoms with Gasteiger partial charge >= 0.3 is 0 Å². The first-order valence-corrected chi connectivity index (χ1v) is 4.06. The second-order valence-corrected chi connectivity index (χ2v) is 2.94. The van der Waals surface area contributed by atoms with E-state index in [1.807, 2.05) is 0 Å². The molecule has 0 atom stereocenters. The maximum atomic E-state index is 13.0. The molecule has 70 valence electrons. The highest BCUT2D eigenvalue weighted by molar-refractivity contribution is 5.82. The Morgan fingerprint density at radius 1 is 1.57 bits per heavy atom. The zero-order valence-electron chi connectivity index (χ0n) is 7.37. The van der Waals surface area contributed by atoms with Gasteiger partial charge < -0.3 is 5.73 Å². The molecular weight excluding hydrogens is 181 g/mol. The maximum Gasteiger partial charge on any atom is 0.146 e. The van der Waals surface area contributed by atoms with Crippen molar-refractivity contribution in [3.05, 3.63) is 24.1 Å². The molecular formula is C10H8FN3. The summed E-state index contributed by atoms with van der Waals surface area (Å²) in [6, 6.07) is 2.89. The lowest BCUT2D eigenvalue weighted by Gasteiger charge is -1.99. The monoisotopic (exact) mass is 189 g/mol. The zero-order valence-corrected chi connectivity index (χ0v) is 7.37. The van der Waals surface area contributed by atoms with E-state index in [4.69, 9.17) is 12.2 Å². The molecule has 14 heavy (non-hydrogen) atoms. The summed E-state index contributed by atoms with van der Waals surface area (Å²) < 4.78 is 14.6. The zero-order chi connectivity index (χ0) is 10.1. The van der Waals surface area contributed by atoms with Gasteiger partial charge in [0.05, 0.1) is 17.4 Å². The summed E-state index contributed by atoms with van der Waals surface area (Å²) >= 11 is 0. The van der Waals surface area contributed by atoms with E-state index < -0.39 is 5.82 Å². The first-order chi connectivity index (χ1) is 6.72. The van der Waals surface area contributed by atoms with Crippen molar-refractivity contribution in [2.24, 2.45) is 0 Å². The van der Waals surface area contributed by atoms with Crippen molar-refractivity contribution in [1.29, 1.82) is 0 Å². The lowest BCUT2D eigenvalue weighted by molar-refractivity contribution is 0.634. The van der Waals surface area contributed by atoms with Gasteiger partial charge in [0.2, 0.25) is 0 Å². The molecule has 0 radical (unpaired) electrons. The summed E-state index contributed by atoms with van der Waals surface area (Å²) in [4.78, 5) is 0. The van der Waals surface area contributed by atoms with Crippen molar-refractivity contribution in [2.75, 3.05) is 5.73 Å². The third-order valence-corrected chi connectivity index (χ3v) is 2.00. The fourth-order valence-corrected chi connectivity index (χ4v) is 1.33. The highest BCUT2D eigenvalue weighted by atomic mass is 19.1. The number of nitrogens with zero attached hydrogens (tertiary/aromatic N) is 2. The van der Waals surface area contributed by atoms with Crippen LogP contribution < -0.4 is 5.73 Å². The summed E-state index contributed by atoms with van der Waals surface area (Å²) in [5.41, 5.74) is 6.30. The largest absolute Gasteiger partial charge is 0.396 e. The van der Waals surface area contributed by atoms with Gasteiger partial charge in [0.25, 0.3) is 0 Å².